The number of aryl methyl sites for hydroxylation is 1. The van der Waals surface area contributed by atoms with E-state index >= 15 is 0 Å². The van der Waals surface area contributed by atoms with Crippen molar-refractivity contribution >= 4 is 23.2 Å². The van der Waals surface area contributed by atoms with E-state index in [0.29, 0.717) is 24.2 Å². The molecule has 122 valence electrons. The highest BCUT2D eigenvalue weighted by atomic mass is 16.5. The first-order valence-corrected chi connectivity index (χ1v) is 7.97. The number of nitriles is 1. The second kappa shape index (κ2) is 6.02. The molecule has 4 rings (SSSR count). The van der Waals surface area contributed by atoms with Gasteiger partial charge >= 0.3 is 0 Å². The van der Waals surface area contributed by atoms with Crippen molar-refractivity contribution in [2.24, 2.45) is 4.99 Å². The van der Waals surface area contributed by atoms with Crippen molar-refractivity contribution in [1.82, 2.24) is 19.7 Å². The van der Waals surface area contributed by atoms with Crippen LogP contribution >= 0.6 is 0 Å². The van der Waals surface area contributed by atoms with E-state index in [0.717, 1.165) is 48.7 Å². The number of aromatic nitrogens is 4. The zero-order chi connectivity index (χ0) is 16.5. The van der Waals surface area contributed by atoms with Gasteiger partial charge in [0.25, 0.3) is 0 Å². The van der Waals surface area contributed by atoms with E-state index in [2.05, 4.69) is 31.4 Å². The lowest BCUT2D eigenvalue weighted by Crippen LogP contribution is -2.19. The molecule has 1 fully saturated rings. The van der Waals surface area contributed by atoms with Gasteiger partial charge in [0.2, 0.25) is 5.95 Å². The fourth-order valence-corrected chi connectivity index (χ4v) is 3.05. The fraction of sp³-hybridized carbons (Fsp3) is 0.438. The summed E-state index contributed by atoms with van der Waals surface area (Å²) in [6, 6.07) is 2.49. The lowest BCUT2D eigenvalue weighted by Gasteiger charge is -2.22. The molecule has 2 aromatic rings. The SMILES string of the molecule is Cc1nc(Nc2cnn(C3CCOCC3)c2)nc2c1C(CC#N)=N2. The van der Waals surface area contributed by atoms with Gasteiger partial charge in [0.15, 0.2) is 5.82 Å². The summed E-state index contributed by atoms with van der Waals surface area (Å²) in [5, 5.41) is 16.4. The summed E-state index contributed by atoms with van der Waals surface area (Å²) in [5.41, 5.74) is 3.35. The smallest absolute Gasteiger partial charge is 0.229 e. The molecule has 1 saturated heterocycles. The van der Waals surface area contributed by atoms with Crippen molar-refractivity contribution in [3.05, 3.63) is 23.7 Å². The van der Waals surface area contributed by atoms with Crippen molar-refractivity contribution < 1.29 is 4.74 Å². The van der Waals surface area contributed by atoms with Crippen molar-refractivity contribution in [1.29, 1.82) is 5.26 Å². The molecule has 0 atom stereocenters. The van der Waals surface area contributed by atoms with Gasteiger partial charge in [-0.3, -0.25) is 4.68 Å². The zero-order valence-corrected chi connectivity index (χ0v) is 13.4. The number of nitrogens with one attached hydrogen (secondary N) is 1. The Morgan fingerprint density at radius 3 is 2.96 bits per heavy atom. The van der Waals surface area contributed by atoms with E-state index in [1.807, 2.05) is 17.8 Å². The molecular formula is C16H17N7O. The number of rotatable bonds is 4. The number of anilines is 2. The summed E-state index contributed by atoms with van der Waals surface area (Å²) in [6.45, 7) is 3.47. The highest BCUT2D eigenvalue weighted by Crippen LogP contribution is 2.32. The molecule has 0 radical (unpaired) electrons. The largest absolute Gasteiger partial charge is 0.381 e. The minimum atomic E-state index is 0.294. The molecule has 1 N–H and O–H groups in total. The molecular weight excluding hydrogens is 306 g/mol. The minimum Gasteiger partial charge on any atom is -0.381 e. The third-order valence-corrected chi connectivity index (χ3v) is 4.27. The Kier molecular flexibility index (Phi) is 3.70. The highest BCUT2D eigenvalue weighted by Gasteiger charge is 2.24. The maximum atomic E-state index is 8.78. The molecule has 0 aliphatic carbocycles. The van der Waals surface area contributed by atoms with E-state index in [9.17, 15) is 0 Å². The summed E-state index contributed by atoms with van der Waals surface area (Å²) in [6.07, 6.45) is 6.00. The summed E-state index contributed by atoms with van der Waals surface area (Å²) in [4.78, 5) is 13.1. The van der Waals surface area contributed by atoms with Crippen molar-refractivity contribution in [2.75, 3.05) is 18.5 Å². The Hall–Kier alpha value is -2.79. The van der Waals surface area contributed by atoms with Crippen LogP contribution < -0.4 is 5.32 Å². The molecule has 0 bridgehead atoms. The quantitative estimate of drug-likeness (QED) is 0.927. The summed E-state index contributed by atoms with van der Waals surface area (Å²) >= 11 is 0. The Bertz CT molecular complexity index is 843. The van der Waals surface area contributed by atoms with E-state index in [-0.39, 0.29) is 0 Å². The number of hydrogen-bond acceptors (Lipinski definition) is 7. The van der Waals surface area contributed by atoms with Crippen molar-refractivity contribution in [3.8, 4) is 6.07 Å². The number of fused-ring (bicyclic) bond motifs is 1. The molecule has 0 aromatic carbocycles. The average molecular weight is 323 g/mol. The maximum absolute atomic E-state index is 8.78. The Morgan fingerprint density at radius 1 is 1.38 bits per heavy atom. The van der Waals surface area contributed by atoms with Crippen LogP contribution in [0.15, 0.2) is 17.4 Å². The highest BCUT2D eigenvalue weighted by molar-refractivity contribution is 6.13. The fourth-order valence-electron chi connectivity index (χ4n) is 3.05. The molecule has 2 aliphatic rings. The Morgan fingerprint density at radius 2 is 2.21 bits per heavy atom. The van der Waals surface area contributed by atoms with Gasteiger partial charge in [-0.25, -0.2) is 9.98 Å². The maximum Gasteiger partial charge on any atom is 0.229 e. The van der Waals surface area contributed by atoms with Crippen LogP contribution in [-0.2, 0) is 4.74 Å². The lowest BCUT2D eigenvalue weighted by molar-refractivity contribution is 0.0662. The van der Waals surface area contributed by atoms with E-state index in [1.165, 1.54) is 0 Å². The lowest BCUT2D eigenvalue weighted by atomic mass is 10.0. The van der Waals surface area contributed by atoms with Gasteiger partial charge < -0.3 is 10.1 Å². The van der Waals surface area contributed by atoms with E-state index < -0.39 is 0 Å². The van der Waals surface area contributed by atoms with Gasteiger partial charge in [0.05, 0.1) is 47.4 Å². The van der Waals surface area contributed by atoms with Crippen LogP contribution in [0.25, 0.3) is 0 Å². The molecule has 2 aliphatic heterocycles. The minimum absolute atomic E-state index is 0.294. The van der Waals surface area contributed by atoms with Crippen LogP contribution in [0.3, 0.4) is 0 Å². The molecule has 24 heavy (non-hydrogen) atoms. The van der Waals surface area contributed by atoms with Crippen LogP contribution in [-0.4, -0.2) is 38.7 Å². The second-order valence-electron chi connectivity index (χ2n) is 5.90. The number of aliphatic imine (C=N–C) groups is 1. The first kappa shape index (κ1) is 14.8. The molecule has 0 unspecified atom stereocenters. The topological polar surface area (TPSA) is 101 Å². The normalized spacial score (nSPS) is 16.8. The molecule has 0 spiro atoms. The number of ether oxygens (including phenoxy) is 1. The first-order valence-electron chi connectivity index (χ1n) is 7.97. The molecule has 0 amide bonds. The zero-order valence-electron chi connectivity index (χ0n) is 13.4. The second-order valence-corrected chi connectivity index (χ2v) is 5.90. The number of hydrogen-bond donors (Lipinski definition) is 1. The van der Waals surface area contributed by atoms with Crippen LogP contribution in [0.5, 0.6) is 0 Å². The average Bonchev–Trinajstić information content (AvgIpc) is 3.02. The molecule has 8 heteroatoms. The summed E-state index contributed by atoms with van der Waals surface area (Å²) < 4.78 is 7.36. The van der Waals surface area contributed by atoms with Crippen LogP contribution in [0.2, 0.25) is 0 Å². The Balaban J connectivity index is 1.50. The third kappa shape index (κ3) is 2.63. The number of nitrogens with zero attached hydrogens (tertiary/aromatic N) is 6. The van der Waals surface area contributed by atoms with Crippen LogP contribution in [0, 0.1) is 18.3 Å². The van der Waals surface area contributed by atoms with Crippen LogP contribution in [0.4, 0.5) is 17.5 Å². The van der Waals surface area contributed by atoms with Gasteiger partial charge in [0.1, 0.15) is 0 Å². The van der Waals surface area contributed by atoms with Crippen molar-refractivity contribution in [3.63, 3.8) is 0 Å². The van der Waals surface area contributed by atoms with E-state index in [4.69, 9.17) is 10.00 Å². The van der Waals surface area contributed by atoms with Gasteiger partial charge in [-0.2, -0.15) is 15.3 Å². The monoisotopic (exact) mass is 323 g/mol. The van der Waals surface area contributed by atoms with Crippen molar-refractivity contribution in [2.45, 2.75) is 32.2 Å². The van der Waals surface area contributed by atoms with Crippen LogP contribution in [0.1, 0.15) is 36.6 Å². The predicted octanol–water partition coefficient (Wildman–Crippen LogP) is 2.42. The Labute approximate surface area is 139 Å². The predicted molar refractivity (Wildman–Crippen MR) is 87.8 cm³/mol. The third-order valence-electron chi connectivity index (χ3n) is 4.27. The summed E-state index contributed by atoms with van der Waals surface area (Å²) in [5.74, 6) is 1.14. The van der Waals surface area contributed by atoms with Gasteiger partial charge in [-0.05, 0) is 19.8 Å². The summed E-state index contributed by atoms with van der Waals surface area (Å²) in [7, 11) is 0. The van der Waals surface area contributed by atoms with Gasteiger partial charge in [-0.15, -0.1) is 0 Å². The molecule has 2 aromatic heterocycles. The van der Waals surface area contributed by atoms with Gasteiger partial charge in [-0.1, -0.05) is 0 Å². The molecule has 8 nitrogen and oxygen atoms in total. The molecule has 0 saturated carbocycles. The molecule has 4 heterocycles. The van der Waals surface area contributed by atoms with Gasteiger partial charge in [0, 0.05) is 19.4 Å². The standard InChI is InChI=1S/C16H17N7O/c1-10-14-13(2-5-17)21-15(14)22-16(19-10)20-11-8-18-23(9-11)12-3-6-24-7-4-12/h8-9,12H,2-4,6-7H2,1H3,(H,19,20,21,22). The first-order chi connectivity index (χ1) is 11.7. The van der Waals surface area contributed by atoms with E-state index in [1.54, 1.807) is 6.20 Å².